The van der Waals surface area contributed by atoms with E-state index in [1.165, 1.54) is 4.90 Å². The van der Waals surface area contributed by atoms with Crippen LogP contribution in [-0.4, -0.2) is 54.2 Å². The number of nitrogens with two attached hydrogens (primary N) is 1. The Kier molecular flexibility index (Phi) is 8.66. The number of nitrogen functional groups attached to an aromatic ring is 1. The Labute approximate surface area is 203 Å². The van der Waals surface area contributed by atoms with Gasteiger partial charge in [-0.05, 0) is 48.4 Å². The van der Waals surface area contributed by atoms with E-state index in [1.54, 1.807) is 48.5 Å². The Morgan fingerprint density at radius 2 is 1.91 bits per heavy atom. The second kappa shape index (κ2) is 11.9. The van der Waals surface area contributed by atoms with E-state index in [1.807, 2.05) is 6.92 Å². The Morgan fingerprint density at radius 3 is 2.51 bits per heavy atom. The van der Waals surface area contributed by atoms with Crippen molar-refractivity contribution in [3.8, 4) is 5.75 Å². The molecule has 2 aromatic carbocycles. The number of aliphatic carboxylic acids is 1. The highest BCUT2D eigenvalue weighted by atomic mass is 16.6. The third-order valence-corrected chi connectivity index (χ3v) is 5.55. The zero-order valence-corrected chi connectivity index (χ0v) is 19.5. The molecule has 35 heavy (non-hydrogen) atoms. The number of benzene rings is 2. The van der Waals surface area contributed by atoms with Gasteiger partial charge in [-0.2, -0.15) is 0 Å². The molecular formula is C25H30N4O6. The van der Waals surface area contributed by atoms with E-state index >= 15 is 0 Å². The summed E-state index contributed by atoms with van der Waals surface area (Å²) in [6.45, 7) is 2.43. The van der Waals surface area contributed by atoms with Crippen molar-refractivity contribution in [3.05, 3.63) is 59.7 Å². The summed E-state index contributed by atoms with van der Waals surface area (Å²) in [7, 11) is 0. The summed E-state index contributed by atoms with van der Waals surface area (Å²) >= 11 is 0. The van der Waals surface area contributed by atoms with Crippen LogP contribution >= 0.6 is 0 Å². The topological polar surface area (TPSA) is 155 Å². The smallest absolute Gasteiger partial charge is 0.414 e. The molecule has 5 N–H and O–H groups in total. The normalized spacial score (nSPS) is 15.9. The number of carboxylic acids is 1. The summed E-state index contributed by atoms with van der Waals surface area (Å²) in [4.78, 5) is 37.2. The number of amidine groups is 1. The molecule has 0 bridgehead atoms. The number of carboxylic acid groups (broad SMARTS) is 1. The summed E-state index contributed by atoms with van der Waals surface area (Å²) in [5.74, 6) is -0.853. The van der Waals surface area contributed by atoms with Crippen LogP contribution in [0.1, 0.15) is 37.3 Å². The van der Waals surface area contributed by atoms with Crippen LogP contribution in [0.4, 0.5) is 10.5 Å². The third-order valence-electron chi connectivity index (χ3n) is 5.55. The molecule has 1 fully saturated rings. The molecule has 186 valence electrons. The maximum Gasteiger partial charge on any atom is 0.414 e. The van der Waals surface area contributed by atoms with Gasteiger partial charge in [-0.1, -0.05) is 25.5 Å². The zero-order chi connectivity index (χ0) is 25.4. The minimum Gasteiger partial charge on any atom is -0.490 e. The quantitative estimate of drug-likeness (QED) is 0.268. The molecule has 0 aromatic heterocycles. The van der Waals surface area contributed by atoms with E-state index in [0.29, 0.717) is 36.4 Å². The number of rotatable bonds is 12. The summed E-state index contributed by atoms with van der Waals surface area (Å²) in [5, 5.41) is 19.5. The lowest BCUT2D eigenvalue weighted by Gasteiger charge is -2.15. The number of carbonyl (C=O) groups excluding carboxylic acids is 2. The largest absolute Gasteiger partial charge is 0.490 e. The van der Waals surface area contributed by atoms with Crippen LogP contribution in [0.5, 0.6) is 5.75 Å². The molecule has 1 saturated heterocycles. The van der Waals surface area contributed by atoms with Gasteiger partial charge >= 0.3 is 12.1 Å². The molecule has 0 saturated carbocycles. The molecule has 1 aliphatic rings. The lowest BCUT2D eigenvalue weighted by Crippen LogP contribution is -2.42. The summed E-state index contributed by atoms with van der Waals surface area (Å²) in [6.07, 6.45) is 1.09. The van der Waals surface area contributed by atoms with Crippen LogP contribution in [-0.2, 0) is 20.7 Å². The van der Waals surface area contributed by atoms with E-state index in [-0.39, 0.29) is 24.8 Å². The molecule has 3 rings (SSSR count). The maximum atomic E-state index is 12.3. The lowest BCUT2D eigenvalue weighted by molar-refractivity contribution is -0.141. The number of nitrogens with zero attached hydrogens (tertiary/aromatic N) is 1. The maximum absolute atomic E-state index is 12.3. The van der Waals surface area contributed by atoms with Gasteiger partial charge in [0.15, 0.2) is 6.10 Å². The fourth-order valence-corrected chi connectivity index (χ4v) is 3.59. The second-order valence-electron chi connectivity index (χ2n) is 8.30. The summed E-state index contributed by atoms with van der Waals surface area (Å²) < 4.78 is 11.1. The number of unbranched alkanes of at least 4 members (excludes halogenated alkanes) is 1. The van der Waals surface area contributed by atoms with Gasteiger partial charge in [0.2, 0.25) is 5.91 Å². The van der Waals surface area contributed by atoms with Crippen molar-refractivity contribution in [1.29, 1.82) is 5.41 Å². The van der Waals surface area contributed by atoms with Gasteiger partial charge in [-0.15, -0.1) is 0 Å². The summed E-state index contributed by atoms with van der Waals surface area (Å²) in [6, 6.07) is 12.7. The molecule has 0 radical (unpaired) electrons. The molecular weight excluding hydrogens is 452 g/mol. The molecule has 2 atom stereocenters. The van der Waals surface area contributed by atoms with E-state index in [9.17, 15) is 19.5 Å². The van der Waals surface area contributed by atoms with Gasteiger partial charge in [0.25, 0.3) is 0 Å². The van der Waals surface area contributed by atoms with Crippen molar-refractivity contribution in [2.75, 3.05) is 18.1 Å². The van der Waals surface area contributed by atoms with E-state index in [4.69, 9.17) is 20.6 Å². The fraction of sp³-hybridized carbons (Fsp3) is 0.360. The zero-order valence-electron chi connectivity index (χ0n) is 19.5. The first-order valence-electron chi connectivity index (χ1n) is 11.4. The molecule has 1 heterocycles. The number of cyclic esters (lactones) is 1. The van der Waals surface area contributed by atoms with E-state index in [2.05, 4.69) is 5.32 Å². The number of amides is 2. The van der Waals surface area contributed by atoms with Gasteiger partial charge in [-0.25, -0.2) is 9.59 Å². The average molecular weight is 483 g/mol. The van der Waals surface area contributed by atoms with Crippen molar-refractivity contribution in [3.63, 3.8) is 0 Å². The van der Waals surface area contributed by atoms with Crippen molar-refractivity contribution in [1.82, 2.24) is 5.32 Å². The molecule has 1 aliphatic heterocycles. The molecule has 2 amide bonds. The molecule has 10 nitrogen and oxygen atoms in total. The first-order valence-corrected chi connectivity index (χ1v) is 11.4. The molecule has 0 spiro atoms. The minimum absolute atomic E-state index is 0.0481. The van der Waals surface area contributed by atoms with Crippen LogP contribution in [0, 0.1) is 5.41 Å². The van der Waals surface area contributed by atoms with Crippen molar-refractivity contribution >= 4 is 29.5 Å². The minimum atomic E-state index is -1.08. The predicted molar refractivity (Wildman–Crippen MR) is 130 cm³/mol. The number of hydrogen-bond donors (Lipinski definition) is 4. The molecule has 2 aromatic rings. The van der Waals surface area contributed by atoms with E-state index in [0.717, 1.165) is 12.0 Å². The molecule has 0 aliphatic carbocycles. The fourth-order valence-electron chi connectivity index (χ4n) is 3.59. The van der Waals surface area contributed by atoms with Gasteiger partial charge in [0.1, 0.15) is 24.2 Å². The number of nitrogens with one attached hydrogen (secondary N) is 2. The number of anilines is 1. The first kappa shape index (κ1) is 25.5. The SMILES string of the molecule is CCCCC(=O)NC(Cc1ccc(OCC2CN(c3ccc(C(=N)N)cc3)C(=O)O2)cc1)C(=O)O. The Hall–Kier alpha value is -4.08. The van der Waals surface area contributed by atoms with Gasteiger partial charge in [0, 0.05) is 24.1 Å². The number of hydrogen-bond acceptors (Lipinski definition) is 6. The van der Waals surface area contributed by atoms with Crippen molar-refractivity contribution in [2.24, 2.45) is 5.73 Å². The highest BCUT2D eigenvalue weighted by Gasteiger charge is 2.32. The predicted octanol–water partition coefficient (Wildman–Crippen LogP) is 2.68. The van der Waals surface area contributed by atoms with Gasteiger partial charge in [-0.3, -0.25) is 15.1 Å². The van der Waals surface area contributed by atoms with Crippen molar-refractivity contribution in [2.45, 2.75) is 44.8 Å². The third kappa shape index (κ3) is 7.20. The number of ether oxygens (including phenoxy) is 2. The Bertz CT molecular complexity index is 1050. The molecule has 10 heteroatoms. The van der Waals surface area contributed by atoms with Crippen molar-refractivity contribution < 1.29 is 29.0 Å². The average Bonchev–Trinajstić information content (AvgIpc) is 3.22. The summed E-state index contributed by atoms with van der Waals surface area (Å²) in [5.41, 5.74) is 7.41. The standard InChI is InChI=1S/C25H30N4O6/c1-2-3-4-22(30)28-21(24(31)32)13-16-5-11-19(12-6-16)34-15-20-14-29(25(33)35-20)18-9-7-17(8-10-18)23(26)27/h5-12,20-21H,2-4,13-15H2,1H3,(H3,26,27)(H,28,30)(H,31,32). The van der Waals surface area contributed by atoms with E-state index < -0.39 is 24.2 Å². The van der Waals surface area contributed by atoms with Gasteiger partial charge < -0.3 is 25.6 Å². The highest BCUT2D eigenvalue weighted by Crippen LogP contribution is 2.23. The number of carbonyl (C=O) groups is 3. The molecule has 2 unspecified atom stereocenters. The van der Waals surface area contributed by atoms with Crippen LogP contribution in [0.25, 0.3) is 0 Å². The van der Waals surface area contributed by atoms with Gasteiger partial charge in [0.05, 0.1) is 6.54 Å². The Morgan fingerprint density at radius 1 is 1.23 bits per heavy atom. The first-order chi connectivity index (χ1) is 16.8. The lowest BCUT2D eigenvalue weighted by atomic mass is 10.1. The second-order valence-corrected chi connectivity index (χ2v) is 8.30. The highest BCUT2D eigenvalue weighted by molar-refractivity contribution is 5.96. The Balaban J connectivity index is 1.51. The monoisotopic (exact) mass is 482 g/mol. The van der Waals surface area contributed by atoms with Crippen LogP contribution in [0.3, 0.4) is 0 Å². The van der Waals surface area contributed by atoms with Crippen LogP contribution in [0.2, 0.25) is 0 Å². The van der Waals surface area contributed by atoms with Crippen LogP contribution in [0.15, 0.2) is 48.5 Å². The van der Waals surface area contributed by atoms with Crippen LogP contribution < -0.4 is 20.7 Å².